The molecule has 0 spiro atoms. The maximum atomic E-state index is 14.4. The van der Waals surface area contributed by atoms with Crippen LogP contribution in [0.2, 0.25) is 10.0 Å². The van der Waals surface area contributed by atoms with Gasteiger partial charge in [0, 0.05) is 22.3 Å². The van der Waals surface area contributed by atoms with Crippen LogP contribution in [0.5, 0.6) is 5.88 Å². The number of methoxy groups -OCH3 is 1. The van der Waals surface area contributed by atoms with E-state index in [0.29, 0.717) is 0 Å². The van der Waals surface area contributed by atoms with Gasteiger partial charge in [0.25, 0.3) is 5.88 Å². The molecule has 0 fully saturated rings. The first-order valence-electron chi connectivity index (χ1n) is 8.42. The van der Waals surface area contributed by atoms with Gasteiger partial charge in [0.05, 0.1) is 30.4 Å². The van der Waals surface area contributed by atoms with Crippen LogP contribution >= 0.6 is 23.2 Å². The van der Waals surface area contributed by atoms with Crippen molar-refractivity contribution in [2.75, 3.05) is 7.11 Å². The van der Waals surface area contributed by atoms with Crippen LogP contribution in [0.1, 0.15) is 16.2 Å². The zero-order chi connectivity index (χ0) is 22.5. The van der Waals surface area contributed by atoms with Crippen molar-refractivity contribution < 1.29 is 27.6 Å². The zero-order valence-electron chi connectivity index (χ0n) is 15.6. The van der Waals surface area contributed by atoms with E-state index in [0.717, 1.165) is 12.1 Å². The second kappa shape index (κ2) is 9.58. The van der Waals surface area contributed by atoms with Crippen molar-refractivity contribution in [1.82, 2.24) is 26.3 Å². The van der Waals surface area contributed by atoms with Crippen LogP contribution in [0.15, 0.2) is 35.0 Å². The highest BCUT2D eigenvalue weighted by molar-refractivity contribution is 6.35. The number of aromatic nitrogens is 2. The van der Waals surface area contributed by atoms with Gasteiger partial charge in [-0.05, 0) is 23.4 Å². The minimum atomic E-state index is -0.843. The molecule has 3 N–H and O–H groups in total. The SMILES string of the molecule is COc1cc(C(=O)NNC(=O)NCc2ncc(-c3cc(Cl)cc(F)c3Cl)cc2F)on1. The standard InChI is InChI=1S/C18H13Cl2F2N5O4/c1-30-15-5-14(31-27-15)17(28)25-26-18(29)24-7-13-11(21)2-8(6-23-13)10-3-9(19)4-12(22)16(10)20/h2-6H,7H2,1H3,(H,25,28)(H2,24,26,29). The molecule has 0 atom stereocenters. The first-order chi connectivity index (χ1) is 14.8. The van der Waals surface area contributed by atoms with E-state index in [9.17, 15) is 18.4 Å². The van der Waals surface area contributed by atoms with Gasteiger partial charge in [0.2, 0.25) is 5.76 Å². The van der Waals surface area contributed by atoms with Crippen LogP contribution in [-0.2, 0) is 6.54 Å². The number of benzene rings is 1. The topological polar surface area (TPSA) is 118 Å². The molecule has 0 saturated carbocycles. The summed E-state index contributed by atoms with van der Waals surface area (Å²) in [5.74, 6) is -2.42. The van der Waals surface area contributed by atoms with Crippen molar-refractivity contribution >= 4 is 35.1 Å². The van der Waals surface area contributed by atoms with E-state index in [4.69, 9.17) is 32.5 Å². The molecule has 0 saturated heterocycles. The van der Waals surface area contributed by atoms with Gasteiger partial charge in [-0.1, -0.05) is 23.2 Å². The zero-order valence-corrected chi connectivity index (χ0v) is 17.1. The minimum absolute atomic E-state index is 0.0846. The van der Waals surface area contributed by atoms with Crippen molar-refractivity contribution in [1.29, 1.82) is 0 Å². The minimum Gasteiger partial charge on any atom is -0.479 e. The van der Waals surface area contributed by atoms with Crippen molar-refractivity contribution in [3.8, 4) is 17.0 Å². The molecule has 31 heavy (non-hydrogen) atoms. The van der Waals surface area contributed by atoms with E-state index in [1.54, 1.807) is 0 Å². The van der Waals surface area contributed by atoms with E-state index in [-0.39, 0.29) is 45.1 Å². The third-order valence-electron chi connectivity index (χ3n) is 3.85. The molecule has 0 unspecified atom stereocenters. The van der Waals surface area contributed by atoms with Crippen molar-refractivity contribution in [3.05, 3.63) is 63.6 Å². The van der Waals surface area contributed by atoms with E-state index in [1.807, 2.05) is 0 Å². The van der Waals surface area contributed by atoms with Gasteiger partial charge < -0.3 is 14.6 Å². The molecular weight excluding hydrogens is 459 g/mol. The second-order valence-corrected chi connectivity index (χ2v) is 6.71. The summed E-state index contributed by atoms with van der Waals surface area (Å²) in [6.45, 7) is -0.304. The Morgan fingerprint density at radius 1 is 1.13 bits per heavy atom. The van der Waals surface area contributed by atoms with Gasteiger partial charge in [-0.25, -0.2) is 19.0 Å². The number of rotatable bonds is 5. The lowest BCUT2D eigenvalue weighted by molar-refractivity contribution is 0.0898. The maximum absolute atomic E-state index is 14.4. The summed E-state index contributed by atoms with van der Waals surface area (Å²) in [5, 5.41) is 5.61. The Kier molecular flexibility index (Phi) is 6.88. The van der Waals surface area contributed by atoms with Crippen LogP contribution in [0, 0.1) is 11.6 Å². The maximum Gasteiger partial charge on any atom is 0.333 e. The molecule has 3 aromatic rings. The molecule has 2 heterocycles. The average molecular weight is 472 g/mol. The smallest absolute Gasteiger partial charge is 0.333 e. The highest BCUT2D eigenvalue weighted by Gasteiger charge is 2.16. The lowest BCUT2D eigenvalue weighted by Gasteiger charge is -2.10. The Morgan fingerprint density at radius 3 is 2.58 bits per heavy atom. The number of ether oxygens (including phenoxy) is 1. The Labute approximate surface area is 183 Å². The predicted molar refractivity (Wildman–Crippen MR) is 106 cm³/mol. The highest BCUT2D eigenvalue weighted by Crippen LogP contribution is 2.33. The molecule has 2 aromatic heterocycles. The first-order valence-corrected chi connectivity index (χ1v) is 9.18. The van der Waals surface area contributed by atoms with Crippen LogP contribution in [0.4, 0.5) is 13.6 Å². The number of urea groups is 1. The Hall–Kier alpha value is -3.44. The highest BCUT2D eigenvalue weighted by atomic mass is 35.5. The van der Waals surface area contributed by atoms with Crippen molar-refractivity contribution in [2.45, 2.75) is 6.54 Å². The number of hydrazine groups is 1. The van der Waals surface area contributed by atoms with Gasteiger partial charge in [0.15, 0.2) is 0 Å². The van der Waals surface area contributed by atoms with Gasteiger partial charge in [-0.15, -0.1) is 0 Å². The summed E-state index contributed by atoms with van der Waals surface area (Å²) < 4.78 is 37.6. The molecule has 3 rings (SSSR count). The van der Waals surface area contributed by atoms with E-state index < -0.39 is 23.6 Å². The summed E-state index contributed by atoms with van der Waals surface area (Å²) in [6, 6.07) is 3.86. The van der Waals surface area contributed by atoms with Crippen LogP contribution < -0.4 is 20.9 Å². The fourth-order valence-electron chi connectivity index (χ4n) is 2.36. The van der Waals surface area contributed by atoms with Crippen molar-refractivity contribution in [2.24, 2.45) is 0 Å². The quantitative estimate of drug-likeness (QED) is 0.387. The van der Waals surface area contributed by atoms with Crippen LogP contribution in [0.25, 0.3) is 11.1 Å². The van der Waals surface area contributed by atoms with Crippen LogP contribution in [0.3, 0.4) is 0 Å². The summed E-state index contributed by atoms with van der Waals surface area (Å²) in [6.07, 6.45) is 1.26. The van der Waals surface area contributed by atoms with Gasteiger partial charge in [-0.3, -0.25) is 15.2 Å². The van der Waals surface area contributed by atoms with Gasteiger partial charge >= 0.3 is 11.9 Å². The molecule has 0 aliphatic rings. The summed E-state index contributed by atoms with van der Waals surface area (Å²) in [4.78, 5) is 27.5. The monoisotopic (exact) mass is 471 g/mol. The van der Waals surface area contributed by atoms with E-state index >= 15 is 0 Å². The third kappa shape index (κ3) is 5.38. The largest absolute Gasteiger partial charge is 0.479 e. The lowest BCUT2D eigenvalue weighted by Crippen LogP contribution is -2.46. The van der Waals surface area contributed by atoms with E-state index in [2.05, 4.69) is 26.3 Å². The number of halogens is 4. The molecule has 9 nitrogen and oxygen atoms in total. The fourth-order valence-corrected chi connectivity index (χ4v) is 2.78. The molecule has 162 valence electrons. The average Bonchev–Trinajstić information content (AvgIpc) is 3.23. The number of pyridine rings is 1. The molecule has 0 radical (unpaired) electrons. The molecule has 13 heteroatoms. The van der Waals surface area contributed by atoms with Crippen LogP contribution in [-0.4, -0.2) is 29.2 Å². The third-order valence-corrected chi connectivity index (χ3v) is 4.45. The number of carbonyl (C=O) groups excluding carboxylic acids is 2. The lowest BCUT2D eigenvalue weighted by atomic mass is 10.1. The fraction of sp³-hybridized carbons (Fsp3) is 0.111. The number of carbonyl (C=O) groups is 2. The summed E-state index contributed by atoms with van der Waals surface area (Å²) in [5.41, 5.74) is 4.38. The van der Waals surface area contributed by atoms with Gasteiger partial charge in [-0.2, -0.15) is 0 Å². The number of nitrogens with zero attached hydrogens (tertiary/aromatic N) is 2. The second-order valence-electron chi connectivity index (χ2n) is 5.90. The summed E-state index contributed by atoms with van der Waals surface area (Å²) in [7, 11) is 1.34. The molecule has 0 aliphatic carbocycles. The Balaban J connectivity index is 1.58. The molecule has 3 amide bonds. The number of hydrogen-bond acceptors (Lipinski definition) is 6. The number of amides is 3. The number of nitrogens with one attached hydrogen (secondary N) is 3. The molecule has 1 aromatic carbocycles. The normalized spacial score (nSPS) is 10.5. The number of hydrogen-bond donors (Lipinski definition) is 3. The predicted octanol–water partition coefficient (Wildman–Crippen LogP) is 3.47. The molecule has 0 bridgehead atoms. The Bertz CT molecular complexity index is 1140. The molecular formula is C18H13Cl2F2N5O4. The van der Waals surface area contributed by atoms with E-state index in [1.165, 1.54) is 25.4 Å². The molecule has 0 aliphatic heterocycles. The Morgan fingerprint density at radius 2 is 1.90 bits per heavy atom. The first kappa shape index (κ1) is 22.2. The van der Waals surface area contributed by atoms with Crippen molar-refractivity contribution in [3.63, 3.8) is 0 Å². The summed E-state index contributed by atoms with van der Waals surface area (Å²) >= 11 is 11.7. The van der Waals surface area contributed by atoms with Gasteiger partial charge in [0.1, 0.15) is 11.6 Å².